The number of benzene rings is 2. The molecule has 0 aromatic heterocycles. The van der Waals surface area contributed by atoms with Gasteiger partial charge in [-0.25, -0.2) is 0 Å². The van der Waals surface area contributed by atoms with E-state index in [0.29, 0.717) is 0 Å². The third-order valence-electron chi connectivity index (χ3n) is 3.38. The van der Waals surface area contributed by atoms with E-state index in [2.05, 4.69) is 38.1 Å². The van der Waals surface area contributed by atoms with Crippen molar-refractivity contribution in [1.82, 2.24) is 0 Å². The molecular weight excluding hydrogens is 252 g/mol. The maximum absolute atomic E-state index is 10.5. The molecule has 1 N–H and O–H groups in total. The third kappa shape index (κ3) is 3.85. The maximum atomic E-state index is 10.5. The Morgan fingerprint density at radius 2 is 1.37 bits per heavy atom. The van der Waals surface area contributed by atoms with Gasteiger partial charge >= 0.3 is 0 Å². The first-order valence-corrected chi connectivity index (χ1v) is 7.51. The lowest BCUT2D eigenvalue weighted by Gasteiger charge is -2.25. The molecule has 3 atom stereocenters. The molecule has 0 spiro atoms. The number of aliphatic hydroxyl groups is 1. The first-order valence-electron chi connectivity index (χ1n) is 6.63. The first-order chi connectivity index (χ1) is 9.18. The summed E-state index contributed by atoms with van der Waals surface area (Å²) in [6, 6.07) is 20.4. The molecule has 2 rings (SSSR count). The van der Waals surface area contributed by atoms with Crippen LogP contribution in [0.4, 0.5) is 0 Å². The molecule has 0 bridgehead atoms. The second kappa shape index (κ2) is 6.78. The Hall–Kier alpha value is -1.25. The van der Waals surface area contributed by atoms with E-state index in [4.69, 9.17) is 0 Å². The van der Waals surface area contributed by atoms with Gasteiger partial charge in [0.05, 0.1) is 6.10 Å². The second-order valence-electron chi connectivity index (χ2n) is 4.83. The van der Waals surface area contributed by atoms with Crippen LogP contribution in [-0.2, 0) is 0 Å². The van der Waals surface area contributed by atoms with E-state index < -0.39 is 0 Å². The monoisotopic (exact) mass is 272 g/mol. The van der Waals surface area contributed by atoms with Gasteiger partial charge in [0, 0.05) is 16.1 Å². The zero-order valence-corrected chi connectivity index (χ0v) is 12.2. The lowest BCUT2D eigenvalue weighted by Crippen LogP contribution is -2.26. The van der Waals surface area contributed by atoms with Crippen molar-refractivity contribution in [3.8, 4) is 0 Å². The van der Waals surface area contributed by atoms with Gasteiger partial charge in [-0.15, -0.1) is 11.8 Å². The smallest absolute Gasteiger partial charge is 0.0725 e. The molecule has 0 saturated heterocycles. The molecule has 0 aliphatic carbocycles. The van der Waals surface area contributed by atoms with Crippen LogP contribution in [0.5, 0.6) is 0 Å². The first kappa shape index (κ1) is 14.2. The van der Waals surface area contributed by atoms with Crippen molar-refractivity contribution in [2.75, 3.05) is 0 Å². The van der Waals surface area contributed by atoms with Crippen molar-refractivity contribution in [3.63, 3.8) is 0 Å². The molecule has 0 aliphatic rings. The quantitative estimate of drug-likeness (QED) is 0.817. The van der Waals surface area contributed by atoms with Crippen LogP contribution in [0, 0.1) is 0 Å². The molecule has 100 valence electrons. The van der Waals surface area contributed by atoms with Crippen molar-refractivity contribution in [2.24, 2.45) is 0 Å². The van der Waals surface area contributed by atoms with Gasteiger partial charge in [-0.2, -0.15) is 0 Å². The molecule has 2 aromatic rings. The van der Waals surface area contributed by atoms with E-state index in [1.54, 1.807) is 11.8 Å². The van der Waals surface area contributed by atoms with Crippen molar-refractivity contribution in [3.05, 3.63) is 66.2 Å². The van der Waals surface area contributed by atoms with Crippen molar-refractivity contribution >= 4 is 11.8 Å². The molecule has 0 aliphatic heterocycles. The van der Waals surface area contributed by atoms with Crippen molar-refractivity contribution < 1.29 is 5.11 Å². The highest BCUT2D eigenvalue weighted by atomic mass is 32.2. The summed E-state index contributed by atoms with van der Waals surface area (Å²) in [7, 11) is 0. The number of hydrogen-bond donors (Lipinski definition) is 1. The van der Waals surface area contributed by atoms with E-state index >= 15 is 0 Å². The van der Waals surface area contributed by atoms with E-state index in [9.17, 15) is 5.11 Å². The van der Waals surface area contributed by atoms with Crippen molar-refractivity contribution in [2.45, 2.75) is 36.0 Å². The third-order valence-corrected chi connectivity index (χ3v) is 4.58. The van der Waals surface area contributed by atoms with Gasteiger partial charge in [0.25, 0.3) is 0 Å². The minimum absolute atomic E-state index is 0.146. The average Bonchev–Trinajstić information content (AvgIpc) is 2.47. The highest BCUT2D eigenvalue weighted by Gasteiger charge is 2.23. The Morgan fingerprint density at radius 1 is 0.842 bits per heavy atom. The van der Waals surface area contributed by atoms with Crippen LogP contribution in [0.1, 0.15) is 25.3 Å². The number of hydrogen-bond acceptors (Lipinski definition) is 2. The predicted molar refractivity (Wildman–Crippen MR) is 82.6 cm³/mol. The van der Waals surface area contributed by atoms with Crippen molar-refractivity contribution in [1.29, 1.82) is 0 Å². The van der Waals surface area contributed by atoms with E-state index in [-0.39, 0.29) is 17.3 Å². The highest BCUT2D eigenvalue weighted by Crippen LogP contribution is 2.31. The zero-order chi connectivity index (χ0) is 13.7. The fourth-order valence-electron chi connectivity index (χ4n) is 2.14. The molecule has 2 aromatic carbocycles. The SMILES string of the molecule is C[C@@H](Sc1ccccc1)[C@H](O)[C@@H](C)c1ccccc1. The molecular formula is C17H20OS. The van der Waals surface area contributed by atoms with Crippen LogP contribution in [0.3, 0.4) is 0 Å². The fraction of sp³-hybridized carbons (Fsp3) is 0.294. The van der Waals surface area contributed by atoms with Crippen LogP contribution in [0.15, 0.2) is 65.6 Å². The molecule has 0 radical (unpaired) electrons. The molecule has 0 saturated carbocycles. The van der Waals surface area contributed by atoms with Gasteiger partial charge in [-0.05, 0) is 17.7 Å². The average molecular weight is 272 g/mol. The Kier molecular flexibility index (Phi) is 5.06. The van der Waals surface area contributed by atoms with E-state index in [0.717, 1.165) is 0 Å². The van der Waals surface area contributed by atoms with Gasteiger partial charge in [0.2, 0.25) is 0 Å². The molecule has 0 amide bonds. The highest BCUT2D eigenvalue weighted by molar-refractivity contribution is 8.00. The van der Waals surface area contributed by atoms with Crippen LogP contribution in [0.2, 0.25) is 0 Å². The lowest BCUT2D eigenvalue weighted by atomic mass is 9.94. The fourth-order valence-corrected chi connectivity index (χ4v) is 3.26. The number of aliphatic hydroxyl groups excluding tert-OH is 1. The van der Waals surface area contributed by atoms with Crippen LogP contribution in [-0.4, -0.2) is 16.5 Å². The normalized spacial score (nSPS) is 15.7. The second-order valence-corrected chi connectivity index (χ2v) is 6.28. The summed E-state index contributed by atoms with van der Waals surface area (Å²) < 4.78 is 0. The summed E-state index contributed by atoms with van der Waals surface area (Å²) in [5, 5.41) is 10.6. The van der Waals surface area contributed by atoms with Crippen LogP contribution >= 0.6 is 11.8 Å². The Balaban J connectivity index is 2.01. The lowest BCUT2D eigenvalue weighted by molar-refractivity contribution is 0.150. The van der Waals surface area contributed by atoms with E-state index in [1.807, 2.05) is 36.4 Å². The molecule has 2 heteroatoms. The minimum Gasteiger partial charge on any atom is -0.391 e. The zero-order valence-electron chi connectivity index (χ0n) is 11.4. The van der Waals surface area contributed by atoms with Gasteiger partial charge < -0.3 is 5.11 Å². The maximum Gasteiger partial charge on any atom is 0.0725 e. The summed E-state index contributed by atoms with van der Waals surface area (Å²) in [6.07, 6.45) is -0.354. The molecule has 19 heavy (non-hydrogen) atoms. The number of rotatable bonds is 5. The Morgan fingerprint density at radius 3 is 1.95 bits per heavy atom. The van der Waals surface area contributed by atoms with Gasteiger partial charge in [-0.1, -0.05) is 62.4 Å². The summed E-state index contributed by atoms with van der Waals surface area (Å²) in [4.78, 5) is 1.20. The van der Waals surface area contributed by atoms with Gasteiger partial charge in [0.1, 0.15) is 0 Å². The Labute approximate surface area is 119 Å². The summed E-state index contributed by atoms with van der Waals surface area (Å²) >= 11 is 1.72. The molecule has 0 fully saturated rings. The van der Waals surface area contributed by atoms with Gasteiger partial charge in [-0.3, -0.25) is 0 Å². The van der Waals surface area contributed by atoms with Crippen LogP contribution < -0.4 is 0 Å². The van der Waals surface area contributed by atoms with E-state index in [1.165, 1.54) is 10.5 Å². The summed E-state index contributed by atoms with van der Waals surface area (Å²) in [5.41, 5.74) is 1.19. The molecule has 0 unspecified atom stereocenters. The Bertz CT molecular complexity index is 483. The topological polar surface area (TPSA) is 20.2 Å². The molecule has 0 heterocycles. The molecule has 1 nitrogen and oxygen atoms in total. The largest absolute Gasteiger partial charge is 0.391 e. The van der Waals surface area contributed by atoms with Crippen LogP contribution in [0.25, 0.3) is 0 Å². The number of thioether (sulfide) groups is 1. The minimum atomic E-state index is -0.354. The summed E-state index contributed by atoms with van der Waals surface area (Å²) in [5.74, 6) is 0.146. The standard InChI is InChI=1S/C17H20OS/c1-13(15-9-5-3-6-10-15)17(18)14(2)19-16-11-7-4-8-12-16/h3-14,17-18H,1-2H3/t13-,14+,17+/m0/s1. The van der Waals surface area contributed by atoms with Gasteiger partial charge in [0.15, 0.2) is 0 Å². The predicted octanol–water partition coefficient (Wildman–Crippen LogP) is 4.33. The summed E-state index contributed by atoms with van der Waals surface area (Å²) in [6.45, 7) is 4.17.